The molecule has 1 amide bonds. The number of amides is 1. The number of hydrogen-bond donors (Lipinski definition) is 1. The Labute approximate surface area is 160 Å². The van der Waals surface area contributed by atoms with Crippen LogP contribution >= 0.6 is 0 Å². The number of hydrogen-bond acceptors (Lipinski definition) is 3. The third-order valence-corrected chi connectivity index (χ3v) is 6.27. The zero-order valence-electron chi connectivity index (χ0n) is 15.7. The third-order valence-electron chi connectivity index (χ3n) is 6.27. The fourth-order valence-corrected chi connectivity index (χ4v) is 4.31. The van der Waals surface area contributed by atoms with E-state index in [-0.39, 0.29) is 17.9 Å². The summed E-state index contributed by atoms with van der Waals surface area (Å²) >= 11 is 0. The van der Waals surface area contributed by atoms with E-state index >= 15 is 0 Å². The molecular formula is C20H21F3N4O. The minimum absolute atomic E-state index is 0.261. The SMILES string of the molecule is CC1(n2c(NC(=O)CC3CC(C)(F)C3(F)F)nc3ccc(C#N)cc32)CCC1. The van der Waals surface area contributed by atoms with Gasteiger partial charge < -0.3 is 4.57 Å². The number of fused-ring (bicyclic) bond motifs is 1. The maximum absolute atomic E-state index is 13.9. The summed E-state index contributed by atoms with van der Waals surface area (Å²) in [6.07, 6.45) is 2.01. The molecule has 1 aromatic carbocycles. The standard InChI is InChI=1S/C20H21F3N4O/c1-18(6-3-7-18)27-15-8-12(11-24)4-5-14(15)25-17(27)26-16(28)9-13-10-19(2,21)20(13,22)23/h4-5,8,13H,3,6-7,9-10H2,1-2H3,(H,25,26,28). The number of anilines is 1. The summed E-state index contributed by atoms with van der Waals surface area (Å²) in [4.78, 5) is 16.9. The van der Waals surface area contributed by atoms with Crippen LogP contribution in [0.15, 0.2) is 18.2 Å². The van der Waals surface area contributed by atoms with Crippen molar-refractivity contribution in [2.24, 2.45) is 5.92 Å². The van der Waals surface area contributed by atoms with Gasteiger partial charge >= 0.3 is 0 Å². The lowest BCUT2D eigenvalue weighted by atomic mass is 9.67. The first kappa shape index (κ1) is 18.8. The highest BCUT2D eigenvalue weighted by Crippen LogP contribution is 2.55. The molecule has 1 aromatic heterocycles. The lowest BCUT2D eigenvalue weighted by molar-refractivity contribution is -0.248. The van der Waals surface area contributed by atoms with Crippen molar-refractivity contribution in [1.29, 1.82) is 5.26 Å². The summed E-state index contributed by atoms with van der Waals surface area (Å²) in [6.45, 7) is 2.91. The van der Waals surface area contributed by atoms with Gasteiger partial charge in [0.1, 0.15) is 0 Å². The van der Waals surface area contributed by atoms with Crippen molar-refractivity contribution in [3.05, 3.63) is 23.8 Å². The molecule has 2 atom stereocenters. The monoisotopic (exact) mass is 390 g/mol. The number of imidazole rings is 1. The predicted octanol–water partition coefficient (Wildman–Crippen LogP) is 4.52. The maximum Gasteiger partial charge on any atom is 0.284 e. The van der Waals surface area contributed by atoms with Gasteiger partial charge in [-0.15, -0.1) is 0 Å². The zero-order chi connectivity index (χ0) is 20.3. The van der Waals surface area contributed by atoms with Crippen LogP contribution in [-0.2, 0) is 10.3 Å². The quantitative estimate of drug-likeness (QED) is 0.834. The first-order chi connectivity index (χ1) is 13.1. The Morgan fingerprint density at radius 1 is 1.36 bits per heavy atom. The van der Waals surface area contributed by atoms with E-state index in [1.165, 1.54) is 0 Å². The van der Waals surface area contributed by atoms with Gasteiger partial charge in [-0.05, 0) is 57.7 Å². The van der Waals surface area contributed by atoms with E-state index in [0.29, 0.717) is 11.1 Å². The van der Waals surface area contributed by atoms with Gasteiger partial charge in [-0.3, -0.25) is 10.1 Å². The second kappa shape index (κ2) is 5.97. The highest BCUT2D eigenvalue weighted by molar-refractivity contribution is 5.92. The second-order valence-electron chi connectivity index (χ2n) is 8.41. The molecule has 2 unspecified atom stereocenters. The highest BCUT2D eigenvalue weighted by atomic mass is 19.3. The van der Waals surface area contributed by atoms with Gasteiger partial charge in [-0.25, -0.2) is 18.2 Å². The minimum atomic E-state index is -3.51. The molecule has 4 rings (SSSR count). The van der Waals surface area contributed by atoms with Gasteiger partial charge in [0.2, 0.25) is 11.9 Å². The summed E-state index contributed by atoms with van der Waals surface area (Å²) in [7, 11) is 0. The van der Waals surface area contributed by atoms with Crippen LogP contribution in [0.5, 0.6) is 0 Å². The number of halogens is 3. The average Bonchev–Trinajstić information content (AvgIpc) is 2.96. The van der Waals surface area contributed by atoms with Crippen molar-refractivity contribution in [2.75, 3.05) is 5.32 Å². The largest absolute Gasteiger partial charge is 0.304 e. The Morgan fingerprint density at radius 2 is 2.07 bits per heavy atom. The van der Waals surface area contributed by atoms with Crippen molar-refractivity contribution < 1.29 is 18.0 Å². The molecule has 2 aliphatic carbocycles. The molecule has 1 heterocycles. The van der Waals surface area contributed by atoms with Crippen molar-refractivity contribution in [2.45, 2.75) is 63.1 Å². The Kier molecular flexibility index (Phi) is 4.00. The van der Waals surface area contributed by atoms with Gasteiger partial charge in [0.25, 0.3) is 5.92 Å². The molecule has 8 heteroatoms. The van der Waals surface area contributed by atoms with Crippen LogP contribution in [0.4, 0.5) is 19.1 Å². The Morgan fingerprint density at radius 3 is 2.61 bits per heavy atom. The number of aromatic nitrogens is 2. The molecule has 1 N–H and O–H groups in total. The minimum Gasteiger partial charge on any atom is -0.304 e. The van der Waals surface area contributed by atoms with Crippen molar-refractivity contribution in [3.8, 4) is 6.07 Å². The van der Waals surface area contributed by atoms with Crippen molar-refractivity contribution in [1.82, 2.24) is 9.55 Å². The highest BCUT2D eigenvalue weighted by Gasteiger charge is 2.67. The molecule has 2 aliphatic rings. The van der Waals surface area contributed by atoms with E-state index in [1.807, 2.05) is 11.5 Å². The van der Waals surface area contributed by atoms with Crippen molar-refractivity contribution in [3.63, 3.8) is 0 Å². The maximum atomic E-state index is 13.9. The number of rotatable bonds is 4. The lowest BCUT2D eigenvalue weighted by Crippen LogP contribution is -2.60. The second-order valence-corrected chi connectivity index (χ2v) is 8.41. The summed E-state index contributed by atoms with van der Waals surface area (Å²) in [6, 6.07) is 7.16. The van der Waals surface area contributed by atoms with E-state index in [4.69, 9.17) is 0 Å². The topological polar surface area (TPSA) is 70.7 Å². The van der Waals surface area contributed by atoms with Crippen LogP contribution < -0.4 is 5.32 Å². The number of nitriles is 1. The average molecular weight is 390 g/mol. The third kappa shape index (κ3) is 2.67. The molecule has 2 fully saturated rings. The number of benzene rings is 1. The van der Waals surface area contributed by atoms with E-state index < -0.39 is 29.8 Å². The van der Waals surface area contributed by atoms with Crippen LogP contribution in [0.3, 0.4) is 0 Å². The first-order valence-electron chi connectivity index (χ1n) is 9.37. The molecule has 2 saturated carbocycles. The summed E-state index contributed by atoms with van der Waals surface area (Å²) in [5.41, 5.74) is -0.998. The summed E-state index contributed by atoms with van der Waals surface area (Å²) in [5.74, 6) is -5.15. The number of carbonyl (C=O) groups is 1. The summed E-state index contributed by atoms with van der Waals surface area (Å²) in [5, 5.41) is 11.8. The number of alkyl halides is 3. The van der Waals surface area contributed by atoms with E-state index in [0.717, 1.165) is 31.7 Å². The Hall–Kier alpha value is -2.56. The zero-order valence-corrected chi connectivity index (χ0v) is 15.7. The fraction of sp³-hybridized carbons (Fsp3) is 0.550. The predicted molar refractivity (Wildman–Crippen MR) is 97.8 cm³/mol. The van der Waals surface area contributed by atoms with Crippen LogP contribution in [0.25, 0.3) is 11.0 Å². The van der Waals surface area contributed by atoms with Crippen LogP contribution in [0.1, 0.15) is 51.5 Å². The Bertz CT molecular complexity index is 1000. The molecule has 5 nitrogen and oxygen atoms in total. The Balaban J connectivity index is 1.63. The van der Waals surface area contributed by atoms with Gasteiger partial charge in [0.15, 0.2) is 5.67 Å². The number of nitrogens with zero attached hydrogens (tertiary/aromatic N) is 3. The van der Waals surface area contributed by atoms with Crippen LogP contribution in [0, 0.1) is 17.2 Å². The fourth-order valence-electron chi connectivity index (χ4n) is 4.31. The normalized spacial score (nSPS) is 27.5. The number of carbonyl (C=O) groups excluding carboxylic acids is 1. The molecule has 0 bridgehead atoms. The molecular weight excluding hydrogens is 369 g/mol. The summed E-state index contributed by atoms with van der Waals surface area (Å²) < 4.78 is 43.3. The molecule has 2 aromatic rings. The van der Waals surface area contributed by atoms with Gasteiger partial charge in [0, 0.05) is 17.9 Å². The molecule has 0 saturated heterocycles. The van der Waals surface area contributed by atoms with Crippen LogP contribution in [-0.4, -0.2) is 27.0 Å². The smallest absolute Gasteiger partial charge is 0.284 e. The van der Waals surface area contributed by atoms with E-state index in [1.54, 1.807) is 18.2 Å². The van der Waals surface area contributed by atoms with Crippen LogP contribution in [0.2, 0.25) is 0 Å². The molecule has 148 valence electrons. The lowest BCUT2D eigenvalue weighted by Gasteiger charge is -2.47. The molecule has 0 radical (unpaired) electrons. The molecule has 0 spiro atoms. The van der Waals surface area contributed by atoms with E-state index in [9.17, 15) is 23.2 Å². The van der Waals surface area contributed by atoms with E-state index in [2.05, 4.69) is 16.4 Å². The van der Waals surface area contributed by atoms with Gasteiger partial charge in [0.05, 0.1) is 22.7 Å². The van der Waals surface area contributed by atoms with Gasteiger partial charge in [-0.2, -0.15) is 5.26 Å². The molecule has 28 heavy (non-hydrogen) atoms. The first-order valence-corrected chi connectivity index (χ1v) is 9.37. The van der Waals surface area contributed by atoms with Gasteiger partial charge in [-0.1, -0.05) is 0 Å². The number of nitrogens with one attached hydrogen (secondary N) is 1. The molecule has 0 aliphatic heterocycles. The van der Waals surface area contributed by atoms with Crippen molar-refractivity contribution >= 4 is 22.9 Å².